The molecule has 26 heavy (non-hydrogen) atoms. The fraction of sp³-hybridized carbons (Fsp3) is 0.500. The van der Waals surface area contributed by atoms with Gasteiger partial charge in [0.1, 0.15) is 6.61 Å². The van der Waals surface area contributed by atoms with Crippen LogP contribution in [0, 0.1) is 0 Å². The molecule has 0 spiro atoms. The zero-order chi connectivity index (χ0) is 17.9. The van der Waals surface area contributed by atoms with E-state index in [2.05, 4.69) is 59.6 Å². The first-order valence-corrected chi connectivity index (χ1v) is 9.84. The predicted octanol–water partition coefficient (Wildman–Crippen LogP) is 3.66. The van der Waals surface area contributed by atoms with Gasteiger partial charge in [-0.3, -0.25) is 4.79 Å². The van der Waals surface area contributed by atoms with Crippen LogP contribution in [0.25, 0.3) is 10.8 Å². The number of nitrogens with zero attached hydrogens (tertiary/aromatic N) is 1. The van der Waals surface area contributed by atoms with Gasteiger partial charge in [-0.05, 0) is 36.1 Å². The summed E-state index contributed by atoms with van der Waals surface area (Å²) in [6.45, 7) is 3.91. The van der Waals surface area contributed by atoms with Gasteiger partial charge in [0.15, 0.2) is 0 Å². The van der Waals surface area contributed by atoms with E-state index in [0.29, 0.717) is 6.04 Å². The summed E-state index contributed by atoms with van der Waals surface area (Å²) < 4.78 is 5.80. The third-order valence-corrected chi connectivity index (χ3v) is 5.87. The molecule has 1 N–H and O–H groups in total. The maximum absolute atomic E-state index is 12.2. The van der Waals surface area contributed by atoms with Crippen LogP contribution in [0.2, 0.25) is 0 Å². The average Bonchev–Trinajstić information content (AvgIpc) is 3.21. The molecular weight excluding hydrogens is 324 g/mol. The Kier molecular flexibility index (Phi) is 5.23. The number of rotatable bonds is 5. The summed E-state index contributed by atoms with van der Waals surface area (Å²) in [6.07, 6.45) is 4.87. The van der Waals surface area contributed by atoms with E-state index >= 15 is 0 Å². The first-order chi connectivity index (χ1) is 12.7. The Hall–Kier alpha value is -1.91. The first-order valence-electron chi connectivity index (χ1n) is 9.84. The number of morpholine rings is 1. The van der Waals surface area contributed by atoms with Gasteiger partial charge in [-0.2, -0.15) is 0 Å². The molecule has 1 amide bonds. The number of ether oxygens (including phenoxy) is 1. The minimum Gasteiger partial charge on any atom is -0.365 e. The lowest BCUT2D eigenvalue weighted by Gasteiger charge is -2.37. The average molecular weight is 352 g/mol. The van der Waals surface area contributed by atoms with Crippen molar-refractivity contribution < 1.29 is 9.53 Å². The van der Waals surface area contributed by atoms with E-state index in [1.165, 1.54) is 29.2 Å². The molecule has 0 bridgehead atoms. The quantitative estimate of drug-likeness (QED) is 0.893. The normalized spacial score (nSPS) is 22.9. The van der Waals surface area contributed by atoms with E-state index < -0.39 is 0 Å². The molecule has 138 valence electrons. The Morgan fingerprint density at radius 2 is 1.92 bits per heavy atom. The first kappa shape index (κ1) is 17.5. The van der Waals surface area contributed by atoms with Crippen molar-refractivity contribution in [3.63, 3.8) is 0 Å². The molecule has 0 aromatic heterocycles. The summed E-state index contributed by atoms with van der Waals surface area (Å²) in [4.78, 5) is 14.3. The summed E-state index contributed by atoms with van der Waals surface area (Å²) in [5, 5.41) is 6.19. The number of carbonyl (C=O) groups excluding carboxylic acids is 1. The largest absolute Gasteiger partial charge is 0.365 e. The molecule has 1 saturated heterocycles. The van der Waals surface area contributed by atoms with E-state index in [1.54, 1.807) is 0 Å². The molecule has 1 aliphatic heterocycles. The molecule has 1 saturated carbocycles. The fourth-order valence-electron chi connectivity index (χ4n) is 4.38. The number of amides is 1. The second-order valence-electron chi connectivity index (χ2n) is 7.62. The van der Waals surface area contributed by atoms with Gasteiger partial charge in [0.05, 0.1) is 6.10 Å². The molecule has 4 rings (SSSR count). The summed E-state index contributed by atoms with van der Waals surface area (Å²) in [5.41, 5.74) is 1.31. The molecule has 2 atom stereocenters. The standard InChI is InChI=1S/C22H28N2O2/c1-16(20-12-6-8-17-7-2-5-11-21(17)20)23-13-19-14-24(22(25)15-26-19)18-9-3-4-10-18/h2,5-8,11-12,16,18-19,23H,3-4,9-10,13-15H2,1H3/t16-,19?/m1/s1. The smallest absolute Gasteiger partial charge is 0.248 e. The number of nitrogens with one attached hydrogen (secondary N) is 1. The third kappa shape index (κ3) is 3.62. The van der Waals surface area contributed by atoms with Gasteiger partial charge in [-0.15, -0.1) is 0 Å². The van der Waals surface area contributed by atoms with Crippen molar-refractivity contribution in [2.75, 3.05) is 19.7 Å². The minimum absolute atomic E-state index is 0.0747. The Balaban J connectivity index is 1.39. The van der Waals surface area contributed by atoms with E-state index in [1.807, 2.05) is 0 Å². The second kappa shape index (κ2) is 7.77. The SMILES string of the molecule is C[C@@H](NCC1CN(C2CCCC2)C(=O)CO1)c1cccc2ccccc12. The van der Waals surface area contributed by atoms with Crippen molar-refractivity contribution in [2.45, 2.75) is 50.8 Å². The van der Waals surface area contributed by atoms with Crippen LogP contribution in [0.4, 0.5) is 0 Å². The Morgan fingerprint density at radius 1 is 1.15 bits per heavy atom. The van der Waals surface area contributed by atoms with Crippen LogP contribution in [0.1, 0.15) is 44.2 Å². The maximum Gasteiger partial charge on any atom is 0.248 e. The molecule has 4 heteroatoms. The lowest BCUT2D eigenvalue weighted by molar-refractivity contribution is -0.151. The zero-order valence-electron chi connectivity index (χ0n) is 15.5. The van der Waals surface area contributed by atoms with Crippen molar-refractivity contribution in [1.29, 1.82) is 0 Å². The molecule has 0 radical (unpaired) electrons. The molecule has 1 aliphatic carbocycles. The van der Waals surface area contributed by atoms with Gasteiger partial charge >= 0.3 is 0 Å². The fourth-order valence-corrected chi connectivity index (χ4v) is 4.38. The van der Waals surface area contributed by atoms with Crippen LogP contribution in [0.3, 0.4) is 0 Å². The van der Waals surface area contributed by atoms with Crippen LogP contribution in [0.15, 0.2) is 42.5 Å². The molecule has 1 unspecified atom stereocenters. The van der Waals surface area contributed by atoms with Crippen LogP contribution >= 0.6 is 0 Å². The molecule has 2 fully saturated rings. The van der Waals surface area contributed by atoms with Gasteiger partial charge in [0.2, 0.25) is 5.91 Å². The van der Waals surface area contributed by atoms with Crippen LogP contribution in [0.5, 0.6) is 0 Å². The molecule has 1 heterocycles. The summed E-state index contributed by atoms with van der Waals surface area (Å²) in [5.74, 6) is 0.162. The van der Waals surface area contributed by atoms with E-state index in [9.17, 15) is 4.79 Å². The lowest BCUT2D eigenvalue weighted by Crippen LogP contribution is -2.53. The Labute approximate surface area is 155 Å². The van der Waals surface area contributed by atoms with Crippen LogP contribution in [-0.4, -0.2) is 42.6 Å². The molecule has 2 aliphatic rings. The van der Waals surface area contributed by atoms with Gasteiger partial charge < -0.3 is 15.0 Å². The van der Waals surface area contributed by atoms with E-state index in [4.69, 9.17) is 4.74 Å². The minimum atomic E-state index is 0.0747. The summed E-state index contributed by atoms with van der Waals surface area (Å²) in [6, 6.07) is 15.6. The number of fused-ring (bicyclic) bond motifs is 1. The Bertz CT molecular complexity index is 764. The summed E-state index contributed by atoms with van der Waals surface area (Å²) >= 11 is 0. The van der Waals surface area contributed by atoms with Crippen molar-refractivity contribution in [2.24, 2.45) is 0 Å². The lowest BCUT2D eigenvalue weighted by atomic mass is 9.99. The molecular formula is C22H28N2O2. The summed E-state index contributed by atoms with van der Waals surface area (Å²) in [7, 11) is 0. The van der Waals surface area contributed by atoms with Crippen molar-refractivity contribution in [3.05, 3.63) is 48.0 Å². The number of carbonyl (C=O) groups is 1. The number of hydrogen-bond acceptors (Lipinski definition) is 3. The highest BCUT2D eigenvalue weighted by Crippen LogP contribution is 2.26. The highest BCUT2D eigenvalue weighted by Gasteiger charge is 2.33. The van der Waals surface area contributed by atoms with Crippen molar-refractivity contribution in [3.8, 4) is 0 Å². The molecule has 4 nitrogen and oxygen atoms in total. The van der Waals surface area contributed by atoms with Crippen molar-refractivity contribution in [1.82, 2.24) is 10.2 Å². The molecule has 2 aromatic carbocycles. The monoisotopic (exact) mass is 352 g/mol. The third-order valence-electron chi connectivity index (χ3n) is 5.87. The maximum atomic E-state index is 12.2. The zero-order valence-corrected chi connectivity index (χ0v) is 15.5. The van der Waals surface area contributed by atoms with Gasteiger partial charge in [0.25, 0.3) is 0 Å². The number of benzene rings is 2. The van der Waals surface area contributed by atoms with Crippen LogP contribution < -0.4 is 5.32 Å². The number of hydrogen-bond donors (Lipinski definition) is 1. The van der Waals surface area contributed by atoms with Crippen molar-refractivity contribution >= 4 is 16.7 Å². The van der Waals surface area contributed by atoms with Gasteiger partial charge in [-0.1, -0.05) is 55.3 Å². The second-order valence-corrected chi connectivity index (χ2v) is 7.62. The van der Waals surface area contributed by atoms with Gasteiger partial charge in [0, 0.05) is 25.2 Å². The molecule has 2 aromatic rings. The Morgan fingerprint density at radius 3 is 2.77 bits per heavy atom. The van der Waals surface area contributed by atoms with E-state index in [0.717, 1.165) is 25.9 Å². The van der Waals surface area contributed by atoms with E-state index in [-0.39, 0.29) is 24.7 Å². The van der Waals surface area contributed by atoms with Crippen LogP contribution in [-0.2, 0) is 9.53 Å². The topological polar surface area (TPSA) is 41.6 Å². The van der Waals surface area contributed by atoms with Gasteiger partial charge in [-0.25, -0.2) is 0 Å². The predicted molar refractivity (Wildman–Crippen MR) is 104 cm³/mol. The highest BCUT2D eigenvalue weighted by molar-refractivity contribution is 5.86. The highest BCUT2D eigenvalue weighted by atomic mass is 16.5.